The summed E-state index contributed by atoms with van der Waals surface area (Å²) in [5.74, 6) is 1.23. The second-order valence-electron chi connectivity index (χ2n) is 8.48. The molecule has 0 radical (unpaired) electrons. The number of hydrogen-bond acceptors (Lipinski definition) is 4. The molecule has 6 heteroatoms. The first-order valence-corrected chi connectivity index (χ1v) is 11.5. The van der Waals surface area contributed by atoms with Gasteiger partial charge in [0.25, 0.3) is 0 Å². The van der Waals surface area contributed by atoms with Gasteiger partial charge < -0.3 is 4.90 Å². The highest BCUT2D eigenvalue weighted by atomic mass is 35.5. The number of anilines is 2. The van der Waals surface area contributed by atoms with Crippen molar-refractivity contribution >= 4 is 34.0 Å². The summed E-state index contributed by atoms with van der Waals surface area (Å²) < 4.78 is 13.7. The molecule has 34 heavy (non-hydrogen) atoms. The molecule has 3 heterocycles. The van der Waals surface area contributed by atoms with Gasteiger partial charge in [-0.15, -0.1) is 0 Å². The van der Waals surface area contributed by atoms with Crippen molar-refractivity contribution in [2.75, 3.05) is 11.4 Å². The van der Waals surface area contributed by atoms with Gasteiger partial charge in [0.1, 0.15) is 11.6 Å². The fourth-order valence-electron chi connectivity index (χ4n) is 4.65. The second-order valence-corrected chi connectivity index (χ2v) is 8.91. The van der Waals surface area contributed by atoms with E-state index in [9.17, 15) is 4.39 Å². The smallest absolute Gasteiger partial charge is 0.163 e. The number of aromatic nitrogens is 3. The third kappa shape index (κ3) is 3.58. The zero-order chi connectivity index (χ0) is 23.2. The first-order valence-electron chi connectivity index (χ1n) is 11.1. The fraction of sp³-hybridized carbons (Fsp3) is 0.107. The summed E-state index contributed by atoms with van der Waals surface area (Å²) in [6.45, 7) is 2.73. The Hall–Kier alpha value is -3.83. The number of aryl methyl sites for hydroxylation is 1. The Bertz CT molecular complexity index is 1550. The van der Waals surface area contributed by atoms with Crippen molar-refractivity contribution in [3.05, 3.63) is 101 Å². The number of nitrogens with zero attached hydrogens (tertiary/aromatic N) is 4. The van der Waals surface area contributed by atoms with Gasteiger partial charge in [-0.05, 0) is 90.2 Å². The molecule has 3 aromatic carbocycles. The van der Waals surface area contributed by atoms with Crippen molar-refractivity contribution in [1.82, 2.24) is 15.0 Å². The Morgan fingerprint density at radius 1 is 0.941 bits per heavy atom. The van der Waals surface area contributed by atoms with Gasteiger partial charge in [0.05, 0.1) is 5.52 Å². The van der Waals surface area contributed by atoms with E-state index >= 15 is 0 Å². The van der Waals surface area contributed by atoms with E-state index in [-0.39, 0.29) is 5.82 Å². The SMILES string of the molecule is Cc1cc(F)ccc1-c1ccc2c(N3CCc4cc(Cl)ccc43)nc(-c3cccnc3)nc2c1. The maximum absolute atomic E-state index is 13.7. The molecular weight excluding hydrogens is 447 g/mol. The van der Waals surface area contributed by atoms with E-state index in [1.807, 2.05) is 37.3 Å². The van der Waals surface area contributed by atoms with Gasteiger partial charge in [-0.2, -0.15) is 0 Å². The molecule has 0 N–H and O–H groups in total. The molecule has 4 nitrogen and oxygen atoms in total. The molecule has 0 unspecified atom stereocenters. The first kappa shape index (κ1) is 20.8. The Labute approximate surface area is 201 Å². The van der Waals surface area contributed by atoms with Crippen LogP contribution in [-0.4, -0.2) is 21.5 Å². The zero-order valence-corrected chi connectivity index (χ0v) is 19.2. The quantitative estimate of drug-likeness (QED) is 0.283. The van der Waals surface area contributed by atoms with Crippen molar-refractivity contribution in [3.8, 4) is 22.5 Å². The summed E-state index contributed by atoms with van der Waals surface area (Å²) in [6, 6.07) is 20.9. The number of benzene rings is 3. The highest BCUT2D eigenvalue weighted by Crippen LogP contribution is 2.39. The largest absolute Gasteiger partial charge is 0.325 e. The zero-order valence-electron chi connectivity index (χ0n) is 18.5. The van der Waals surface area contributed by atoms with E-state index in [4.69, 9.17) is 21.6 Å². The van der Waals surface area contributed by atoms with Crippen LogP contribution in [0.3, 0.4) is 0 Å². The van der Waals surface area contributed by atoms with Crippen molar-refractivity contribution in [2.45, 2.75) is 13.3 Å². The highest BCUT2D eigenvalue weighted by molar-refractivity contribution is 6.30. The lowest BCUT2D eigenvalue weighted by atomic mass is 9.99. The summed E-state index contributed by atoms with van der Waals surface area (Å²) in [7, 11) is 0. The highest BCUT2D eigenvalue weighted by Gasteiger charge is 2.24. The van der Waals surface area contributed by atoms with Crippen molar-refractivity contribution < 1.29 is 4.39 Å². The van der Waals surface area contributed by atoms with E-state index in [0.717, 1.165) is 62.7 Å². The summed E-state index contributed by atoms with van der Waals surface area (Å²) in [4.78, 5) is 16.4. The molecule has 2 aromatic heterocycles. The molecule has 0 saturated heterocycles. The molecule has 0 amide bonds. The topological polar surface area (TPSA) is 41.9 Å². The van der Waals surface area contributed by atoms with E-state index in [2.05, 4.69) is 34.1 Å². The summed E-state index contributed by atoms with van der Waals surface area (Å²) in [5, 5.41) is 1.70. The van der Waals surface area contributed by atoms with Gasteiger partial charge in [0, 0.05) is 40.6 Å². The fourth-order valence-corrected chi connectivity index (χ4v) is 4.85. The monoisotopic (exact) mass is 466 g/mol. The Balaban J connectivity index is 1.57. The molecule has 1 aliphatic heterocycles. The third-order valence-corrected chi connectivity index (χ3v) is 6.52. The number of hydrogen-bond donors (Lipinski definition) is 0. The van der Waals surface area contributed by atoms with Crippen molar-refractivity contribution in [3.63, 3.8) is 0 Å². The van der Waals surface area contributed by atoms with Gasteiger partial charge >= 0.3 is 0 Å². The minimum atomic E-state index is -0.238. The van der Waals surface area contributed by atoms with E-state index in [1.54, 1.807) is 18.5 Å². The van der Waals surface area contributed by atoms with Crippen LogP contribution in [-0.2, 0) is 6.42 Å². The molecule has 166 valence electrons. The van der Waals surface area contributed by atoms with Crippen LogP contribution in [0.2, 0.25) is 5.02 Å². The molecule has 0 atom stereocenters. The van der Waals surface area contributed by atoms with Gasteiger partial charge in [-0.1, -0.05) is 23.7 Å². The van der Waals surface area contributed by atoms with Gasteiger partial charge in [0.15, 0.2) is 5.82 Å². The Morgan fingerprint density at radius 2 is 1.85 bits per heavy atom. The van der Waals surface area contributed by atoms with Crippen LogP contribution in [0.5, 0.6) is 0 Å². The van der Waals surface area contributed by atoms with Crippen LogP contribution in [0, 0.1) is 12.7 Å². The lowest BCUT2D eigenvalue weighted by molar-refractivity contribution is 0.627. The minimum Gasteiger partial charge on any atom is -0.325 e. The standard InChI is InChI=1S/C28H20ClFN4/c1-17-13-22(30)6-8-23(17)18-4-7-24-25(15-18)32-27(20-3-2-11-31-16-20)33-28(24)34-12-10-19-14-21(29)5-9-26(19)34/h2-9,11,13-16H,10,12H2,1H3. The maximum Gasteiger partial charge on any atom is 0.163 e. The summed E-state index contributed by atoms with van der Waals surface area (Å²) in [6.07, 6.45) is 4.41. The minimum absolute atomic E-state index is 0.238. The van der Waals surface area contributed by atoms with Gasteiger partial charge in [-0.3, -0.25) is 4.98 Å². The van der Waals surface area contributed by atoms with Gasteiger partial charge in [0.2, 0.25) is 0 Å². The third-order valence-electron chi connectivity index (χ3n) is 6.29. The average molecular weight is 467 g/mol. The number of rotatable bonds is 3. The predicted molar refractivity (Wildman–Crippen MR) is 135 cm³/mol. The summed E-state index contributed by atoms with van der Waals surface area (Å²) >= 11 is 6.24. The van der Waals surface area contributed by atoms with E-state index in [0.29, 0.717) is 5.82 Å². The number of fused-ring (bicyclic) bond motifs is 2. The molecule has 1 aliphatic rings. The van der Waals surface area contributed by atoms with Crippen molar-refractivity contribution in [1.29, 1.82) is 0 Å². The Morgan fingerprint density at radius 3 is 2.68 bits per heavy atom. The maximum atomic E-state index is 13.7. The molecule has 0 saturated carbocycles. The number of pyridine rings is 1. The van der Waals surface area contributed by atoms with Crippen molar-refractivity contribution in [2.24, 2.45) is 0 Å². The molecule has 5 aromatic rings. The van der Waals surface area contributed by atoms with E-state index in [1.165, 1.54) is 11.6 Å². The van der Waals surface area contributed by atoms with Crippen LogP contribution in [0.15, 0.2) is 79.1 Å². The predicted octanol–water partition coefficient (Wildman–Crippen LogP) is 7.15. The molecule has 0 bridgehead atoms. The van der Waals surface area contributed by atoms with Crippen LogP contribution in [0.4, 0.5) is 15.9 Å². The molecule has 6 rings (SSSR count). The molecular formula is C28H20ClFN4. The lowest BCUT2D eigenvalue weighted by Crippen LogP contribution is -2.16. The Kier molecular flexibility index (Phi) is 5.00. The lowest BCUT2D eigenvalue weighted by Gasteiger charge is -2.21. The average Bonchev–Trinajstić information content (AvgIpc) is 3.26. The molecule has 0 spiro atoms. The first-order chi connectivity index (χ1) is 16.6. The second kappa shape index (κ2) is 8.19. The van der Waals surface area contributed by atoms with Crippen LogP contribution >= 0.6 is 11.6 Å². The van der Waals surface area contributed by atoms with Crippen LogP contribution in [0.25, 0.3) is 33.4 Å². The van der Waals surface area contributed by atoms with E-state index < -0.39 is 0 Å². The molecule has 0 fully saturated rings. The van der Waals surface area contributed by atoms with Crippen LogP contribution in [0.1, 0.15) is 11.1 Å². The normalized spacial score (nSPS) is 12.9. The number of halogens is 2. The summed E-state index contributed by atoms with van der Waals surface area (Å²) in [5.41, 5.74) is 6.84. The van der Waals surface area contributed by atoms with Gasteiger partial charge in [-0.25, -0.2) is 14.4 Å². The molecule has 0 aliphatic carbocycles. The van der Waals surface area contributed by atoms with Crippen LogP contribution < -0.4 is 4.90 Å².